The Morgan fingerprint density at radius 3 is 0.739 bits per heavy atom. The van der Waals surface area contributed by atoms with Crippen molar-refractivity contribution in [2.24, 2.45) is 32.5 Å². The van der Waals surface area contributed by atoms with Gasteiger partial charge in [0.05, 0.1) is 13.2 Å². The molecule has 2 aliphatic rings. The van der Waals surface area contributed by atoms with Crippen molar-refractivity contribution in [1.29, 1.82) is 0 Å². The molecule has 0 amide bonds. The first-order valence-corrected chi connectivity index (χ1v) is 9.49. The third kappa shape index (κ3) is 3.65. The van der Waals surface area contributed by atoms with Crippen LogP contribution in [-0.4, -0.2) is 13.2 Å². The van der Waals surface area contributed by atoms with E-state index < -0.39 is 0 Å². The van der Waals surface area contributed by atoms with Crippen molar-refractivity contribution in [3.05, 3.63) is 0 Å². The highest BCUT2D eigenvalue weighted by molar-refractivity contribution is 5.08. The van der Waals surface area contributed by atoms with Gasteiger partial charge in [-0.1, -0.05) is 83.1 Å². The molecule has 0 atom stereocenters. The summed E-state index contributed by atoms with van der Waals surface area (Å²) in [6.07, 6.45) is 2.86. The maximum absolute atomic E-state index is 5.39. The number of ether oxygens (including phenoxy) is 1. The van der Waals surface area contributed by atoms with E-state index >= 15 is 0 Å². The predicted molar refractivity (Wildman–Crippen MR) is 103 cm³/mol. The molecule has 2 rings (SSSR count). The van der Waals surface area contributed by atoms with Gasteiger partial charge in [-0.15, -0.1) is 0 Å². The van der Waals surface area contributed by atoms with Crippen molar-refractivity contribution < 1.29 is 4.74 Å². The van der Waals surface area contributed by atoms with Crippen LogP contribution in [0.2, 0.25) is 0 Å². The largest absolute Gasteiger partial charge is 0.380 e. The molecule has 1 saturated carbocycles. The van der Waals surface area contributed by atoms with Gasteiger partial charge in [-0.3, -0.25) is 0 Å². The van der Waals surface area contributed by atoms with Gasteiger partial charge in [-0.2, -0.15) is 0 Å². The van der Waals surface area contributed by atoms with Gasteiger partial charge in [0.1, 0.15) is 0 Å². The lowest BCUT2D eigenvalue weighted by Crippen LogP contribution is -2.59. The summed E-state index contributed by atoms with van der Waals surface area (Å²) in [7, 11) is 0. The first-order chi connectivity index (χ1) is 9.91. The minimum atomic E-state index is 0.351. The van der Waals surface area contributed by atoms with Crippen LogP contribution in [0.5, 0.6) is 0 Å². The smallest absolute Gasteiger partial charge is 0.0554 e. The zero-order valence-corrected chi connectivity index (χ0v) is 18.2. The Morgan fingerprint density at radius 1 is 0.478 bits per heavy atom. The molecule has 1 heterocycles. The highest BCUT2D eigenvalue weighted by Crippen LogP contribution is 2.67. The van der Waals surface area contributed by atoms with E-state index in [-0.39, 0.29) is 0 Å². The standard InChI is InChI=1S/C11H22O.C11H22/c1-9(2,3)11(7-12-8-11)10(4,5)6;1-9(2,3)11(7-8-11)10(4,5)6/h7-8H2,1-6H3;7-8H2,1-6H3. The number of rotatable bonds is 0. The lowest BCUT2D eigenvalue weighted by molar-refractivity contribution is -0.224. The second-order valence-corrected chi connectivity index (χ2v) is 12.2. The van der Waals surface area contributed by atoms with Gasteiger partial charge in [0.25, 0.3) is 0 Å². The summed E-state index contributed by atoms with van der Waals surface area (Å²) in [5, 5.41) is 0. The fraction of sp³-hybridized carbons (Fsp3) is 1.00. The topological polar surface area (TPSA) is 9.23 Å². The van der Waals surface area contributed by atoms with E-state index in [9.17, 15) is 0 Å². The molecule has 0 unspecified atom stereocenters. The van der Waals surface area contributed by atoms with E-state index in [1.54, 1.807) is 0 Å². The molecule has 1 saturated heterocycles. The van der Waals surface area contributed by atoms with Crippen LogP contribution in [0.15, 0.2) is 0 Å². The Bertz CT molecular complexity index is 363. The first kappa shape index (κ1) is 21.0. The molecule has 23 heavy (non-hydrogen) atoms. The Balaban J connectivity index is 0.000000231. The molecule has 138 valence electrons. The molecule has 0 N–H and O–H groups in total. The Hall–Kier alpha value is -0.0400. The number of hydrogen-bond acceptors (Lipinski definition) is 1. The van der Waals surface area contributed by atoms with Gasteiger partial charge < -0.3 is 4.74 Å². The first-order valence-electron chi connectivity index (χ1n) is 9.49. The minimum absolute atomic E-state index is 0.351. The molecule has 0 aromatic rings. The van der Waals surface area contributed by atoms with Crippen LogP contribution in [0.1, 0.15) is 95.9 Å². The molecule has 1 nitrogen and oxygen atoms in total. The third-order valence-electron chi connectivity index (χ3n) is 7.19. The average molecular weight is 325 g/mol. The van der Waals surface area contributed by atoms with Crippen molar-refractivity contribution in [2.75, 3.05) is 13.2 Å². The summed E-state index contributed by atoms with van der Waals surface area (Å²) in [5.74, 6) is 0. The van der Waals surface area contributed by atoms with Gasteiger partial charge in [0.2, 0.25) is 0 Å². The van der Waals surface area contributed by atoms with Crippen molar-refractivity contribution in [1.82, 2.24) is 0 Å². The van der Waals surface area contributed by atoms with Crippen LogP contribution in [-0.2, 0) is 4.74 Å². The van der Waals surface area contributed by atoms with Crippen LogP contribution in [0.3, 0.4) is 0 Å². The summed E-state index contributed by atoms with van der Waals surface area (Å²) >= 11 is 0. The molecule has 0 spiro atoms. The summed E-state index contributed by atoms with van der Waals surface area (Å²) < 4.78 is 5.39. The molecule has 0 aromatic carbocycles. The molecule has 2 fully saturated rings. The van der Waals surface area contributed by atoms with E-state index in [0.29, 0.717) is 32.5 Å². The average Bonchev–Trinajstić information content (AvgIpc) is 2.85. The molecule has 1 aliphatic heterocycles. The fourth-order valence-corrected chi connectivity index (χ4v) is 5.05. The van der Waals surface area contributed by atoms with Crippen LogP contribution in [0.4, 0.5) is 0 Å². The predicted octanol–water partition coefficient (Wildman–Crippen LogP) is 6.95. The molecular formula is C22H44O. The van der Waals surface area contributed by atoms with Crippen LogP contribution in [0.25, 0.3) is 0 Å². The van der Waals surface area contributed by atoms with E-state index in [2.05, 4.69) is 83.1 Å². The Kier molecular flexibility index (Phi) is 5.25. The zero-order valence-electron chi connectivity index (χ0n) is 18.2. The van der Waals surface area contributed by atoms with E-state index in [4.69, 9.17) is 4.74 Å². The minimum Gasteiger partial charge on any atom is -0.380 e. The van der Waals surface area contributed by atoms with Gasteiger partial charge in [0, 0.05) is 5.41 Å². The fourth-order valence-electron chi connectivity index (χ4n) is 5.05. The van der Waals surface area contributed by atoms with Crippen molar-refractivity contribution in [3.8, 4) is 0 Å². The molecule has 1 heteroatoms. The molecule has 0 aromatic heterocycles. The summed E-state index contributed by atoms with van der Waals surface area (Å²) in [5.41, 5.74) is 2.68. The molecule has 0 bridgehead atoms. The lowest BCUT2D eigenvalue weighted by atomic mass is 9.53. The van der Waals surface area contributed by atoms with Crippen LogP contribution < -0.4 is 0 Å². The van der Waals surface area contributed by atoms with Gasteiger partial charge in [0.15, 0.2) is 0 Å². The number of hydrogen-bond donors (Lipinski definition) is 0. The highest BCUT2D eigenvalue weighted by Gasteiger charge is 2.58. The van der Waals surface area contributed by atoms with Gasteiger partial charge >= 0.3 is 0 Å². The Morgan fingerprint density at radius 2 is 0.739 bits per heavy atom. The van der Waals surface area contributed by atoms with E-state index in [1.165, 1.54) is 12.8 Å². The zero-order chi connectivity index (χ0) is 18.5. The molecule has 1 aliphatic carbocycles. The maximum atomic E-state index is 5.39. The van der Waals surface area contributed by atoms with Gasteiger partial charge in [-0.25, -0.2) is 0 Å². The summed E-state index contributed by atoms with van der Waals surface area (Å²) in [4.78, 5) is 0. The Labute approximate surface area is 147 Å². The summed E-state index contributed by atoms with van der Waals surface area (Å²) in [6.45, 7) is 30.1. The molecular weight excluding hydrogens is 280 g/mol. The van der Waals surface area contributed by atoms with Crippen LogP contribution in [0, 0.1) is 32.5 Å². The van der Waals surface area contributed by atoms with Crippen molar-refractivity contribution in [2.45, 2.75) is 95.9 Å². The van der Waals surface area contributed by atoms with Crippen molar-refractivity contribution >= 4 is 0 Å². The normalized spacial score (nSPS) is 23.5. The monoisotopic (exact) mass is 324 g/mol. The molecule has 0 radical (unpaired) electrons. The quantitative estimate of drug-likeness (QED) is 0.468. The van der Waals surface area contributed by atoms with Gasteiger partial charge in [-0.05, 0) is 39.9 Å². The second-order valence-electron chi connectivity index (χ2n) is 12.2. The maximum Gasteiger partial charge on any atom is 0.0554 e. The van der Waals surface area contributed by atoms with E-state index in [1.807, 2.05) is 0 Å². The van der Waals surface area contributed by atoms with Crippen LogP contribution >= 0.6 is 0 Å². The SMILES string of the molecule is CC(C)(C)C1(C(C)(C)C)CC1.CC(C)(C)C1(C(C)(C)C)COC1. The second kappa shape index (κ2) is 5.75. The van der Waals surface area contributed by atoms with E-state index in [0.717, 1.165) is 13.2 Å². The van der Waals surface area contributed by atoms with Crippen molar-refractivity contribution in [3.63, 3.8) is 0 Å². The summed E-state index contributed by atoms with van der Waals surface area (Å²) in [6, 6.07) is 0. The highest BCUT2D eigenvalue weighted by atomic mass is 16.5. The third-order valence-corrected chi connectivity index (χ3v) is 7.19. The lowest BCUT2D eigenvalue weighted by Gasteiger charge is -2.58.